The molecule has 7 heteroatoms. The molecule has 2 rings (SSSR count). The number of nitrogens with one attached hydrogen (secondary N) is 1. The highest BCUT2D eigenvalue weighted by atomic mass is 16.4. The van der Waals surface area contributed by atoms with Crippen molar-refractivity contribution in [2.75, 3.05) is 12.4 Å². The first-order valence-electron chi connectivity index (χ1n) is 7.23. The minimum Gasteiger partial charge on any atom is -0.480 e. The zero-order valence-corrected chi connectivity index (χ0v) is 12.5. The number of aromatic nitrogens is 2. The zero-order chi connectivity index (χ0) is 15.4. The molecule has 0 atom stereocenters. The van der Waals surface area contributed by atoms with Gasteiger partial charge in [-0.05, 0) is 31.6 Å². The zero-order valence-electron chi connectivity index (χ0n) is 12.5. The number of urea groups is 1. The first kappa shape index (κ1) is 15.3. The van der Waals surface area contributed by atoms with Crippen molar-refractivity contribution < 1.29 is 14.7 Å². The maximum Gasteiger partial charge on any atom is 0.325 e. The average Bonchev–Trinajstić information content (AvgIpc) is 2.85. The molecule has 21 heavy (non-hydrogen) atoms. The van der Waals surface area contributed by atoms with Crippen LogP contribution in [0.2, 0.25) is 0 Å². The van der Waals surface area contributed by atoms with Gasteiger partial charge in [0.05, 0.1) is 11.9 Å². The van der Waals surface area contributed by atoms with Crippen LogP contribution in [0.3, 0.4) is 0 Å². The molecular weight excluding hydrogens is 272 g/mol. The van der Waals surface area contributed by atoms with Crippen LogP contribution in [0.15, 0.2) is 12.4 Å². The number of carboxylic acids is 1. The van der Waals surface area contributed by atoms with Crippen LogP contribution in [0.4, 0.5) is 10.5 Å². The minimum absolute atomic E-state index is 0.176. The third-order valence-electron chi connectivity index (χ3n) is 4.04. The van der Waals surface area contributed by atoms with Crippen LogP contribution in [0.5, 0.6) is 0 Å². The number of aliphatic carboxylic acids is 1. The molecule has 1 saturated carbocycles. The second-order valence-electron chi connectivity index (χ2n) is 5.78. The van der Waals surface area contributed by atoms with E-state index in [1.54, 1.807) is 11.9 Å². The Hall–Kier alpha value is -2.05. The first-order chi connectivity index (χ1) is 9.95. The van der Waals surface area contributed by atoms with Crippen LogP contribution < -0.4 is 5.32 Å². The Morgan fingerprint density at radius 3 is 2.71 bits per heavy atom. The van der Waals surface area contributed by atoms with Gasteiger partial charge in [0.15, 0.2) is 0 Å². The standard InChI is InChI=1S/C14H22N4O3/c1-10-3-5-12(6-4-10)17(2)14(21)16-11-7-15-18(8-11)9-13(19)20/h7-8,10,12H,3-6,9H2,1-2H3,(H,16,21)(H,19,20). The molecule has 0 aliphatic heterocycles. The van der Waals surface area contributed by atoms with Gasteiger partial charge in [-0.2, -0.15) is 5.10 Å². The van der Waals surface area contributed by atoms with Gasteiger partial charge < -0.3 is 15.3 Å². The van der Waals surface area contributed by atoms with Gasteiger partial charge in [-0.1, -0.05) is 6.92 Å². The highest BCUT2D eigenvalue weighted by Crippen LogP contribution is 2.26. The predicted octanol–water partition coefficient (Wildman–Crippen LogP) is 2.01. The summed E-state index contributed by atoms with van der Waals surface area (Å²) in [4.78, 5) is 24.5. The van der Waals surface area contributed by atoms with Crippen molar-refractivity contribution in [3.8, 4) is 0 Å². The van der Waals surface area contributed by atoms with Crippen LogP contribution in [0.1, 0.15) is 32.6 Å². The largest absolute Gasteiger partial charge is 0.480 e. The van der Waals surface area contributed by atoms with Crippen molar-refractivity contribution in [2.24, 2.45) is 5.92 Å². The summed E-state index contributed by atoms with van der Waals surface area (Å²) in [6.07, 6.45) is 7.34. The molecule has 116 valence electrons. The lowest BCUT2D eigenvalue weighted by Crippen LogP contribution is -2.41. The van der Waals surface area contributed by atoms with Crippen molar-refractivity contribution in [3.05, 3.63) is 12.4 Å². The Balaban J connectivity index is 1.88. The summed E-state index contributed by atoms with van der Waals surface area (Å²) in [5.74, 6) is -0.226. The number of hydrogen-bond donors (Lipinski definition) is 2. The molecule has 0 saturated heterocycles. The van der Waals surface area contributed by atoms with Crippen molar-refractivity contribution >= 4 is 17.7 Å². The number of hydrogen-bond acceptors (Lipinski definition) is 3. The van der Waals surface area contributed by atoms with Crippen LogP contribution in [-0.4, -0.2) is 44.9 Å². The van der Waals surface area contributed by atoms with E-state index in [-0.39, 0.29) is 18.6 Å². The topological polar surface area (TPSA) is 87.5 Å². The smallest absolute Gasteiger partial charge is 0.325 e. The Morgan fingerprint density at radius 1 is 1.43 bits per heavy atom. The van der Waals surface area contributed by atoms with E-state index in [9.17, 15) is 9.59 Å². The van der Waals surface area contributed by atoms with E-state index in [0.717, 1.165) is 31.6 Å². The van der Waals surface area contributed by atoms with Crippen LogP contribution >= 0.6 is 0 Å². The van der Waals surface area contributed by atoms with E-state index < -0.39 is 5.97 Å². The molecule has 1 heterocycles. The Labute approximate surface area is 123 Å². The van der Waals surface area contributed by atoms with Gasteiger partial charge in [0, 0.05) is 19.3 Å². The quantitative estimate of drug-likeness (QED) is 0.889. The van der Waals surface area contributed by atoms with Gasteiger partial charge in [0.2, 0.25) is 0 Å². The molecule has 0 unspecified atom stereocenters. The van der Waals surface area contributed by atoms with Gasteiger partial charge in [0.25, 0.3) is 0 Å². The third-order valence-corrected chi connectivity index (χ3v) is 4.04. The van der Waals surface area contributed by atoms with E-state index in [0.29, 0.717) is 5.69 Å². The monoisotopic (exact) mass is 294 g/mol. The lowest BCUT2D eigenvalue weighted by molar-refractivity contribution is -0.137. The average molecular weight is 294 g/mol. The van der Waals surface area contributed by atoms with Crippen LogP contribution in [-0.2, 0) is 11.3 Å². The Bertz CT molecular complexity index is 506. The molecule has 7 nitrogen and oxygen atoms in total. The number of carbonyl (C=O) groups excluding carboxylic acids is 1. The first-order valence-corrected chi connectivity index (χ1v) is 7.23. The summed E-state index contributed by atoms with van der Waals surface area (Å²) in [6, 6.07) is 0.0969. The van der Waals surface area contributed by atoms with Gasteiger partial charge in [-0.3, -0.25) is 9.48 Å². The van der Waals surface area contributed by atoms with E-state index in [4.69, 9.17) is 5.11 Å². The molecule has 0 spiro atoms. The number of anilines is 1. The molecule has 0 radical (unpaired) electrons. The predicted molar refractivity (Wildman–Crippen MR) is 78.1 cm³/mol. The second-order valence-corrected chi connectivity index (χ2v) is 5.78. The second kappa shape index (κ2) is 6.60. The maximum absolute atomic E-state index is 12.2. The number of carbonyl (C=O) groups is 2. The van der Waals surface area contributed by atoms with Gasteiger partial charge >= 0.3 is 12.0 Å². The third kappa shape index (κ3) is 4.21. The summed E-state index contributed by atoms with van der Waals surface area (Å²) in [6.45, 7) is 2.03. The summed E-state index contributed by atoms with van der Waals surface area (Å²) in [7, 11) is 1.80. The highest BCUT2D eigenvalue weighted by molar-refractivity contribution is 5.89. The lowest BCUT2D eigenvalue weighted by Gasteiger charge is -2.33. The summed E-state index contributed by atoms with van der Waals surface area (Å²) in [5, 5.41) is 15.3. The van der Waals surface area contributed by atoms with Crippen LogP contribution in [0.25, 0.3) is 0 Å². The molecule has 2 amide bonds. The van der Waals surface area contributed by atoms with E-state index in [1.807, 2.05) is 0 Å². The number of nitrogens with zero attached hydrogens (tertiary/aromatic N) is 3. The van der Waals surface area contributed by atoms with Crippen molar-refractivity contribution in [3.63, 3.8) is 0 Å². The highest BCUT2D eigenvalue weighted by Gasteiger charge is 2.24. The molecular formula is C14H22N4O3. The molecule has 1 aromatic rings. The van der Waals surface area contributed by atoms with Crippen LogP contribution in [0, 0.1) is 5.92 Å². The van der Waals surface area contributed by atoms with Gasteiger partial charge in [-0.15, -0.1) is 0 Å². The maximum atomic E-state index is 12.2. The minimum atomic E-state index is -0.968. The molecule has 1 aliphatic rings. The lowest BCUT2D eigenvalue weighted by atomic mass is 9.87. The fourth-order valence-electron chi connectivity index (χ4n) is 2.66. The fourth-order valence-corrected chi connectivity index (χ4v) is 2.66. The molecule has 1 aliphatic carbocycles. The Morgan fingerprint density at radius 2 is 2.10 bits per heavy atom. The van der Waals surface area contributed by atoms with Gasteiger partial charge in [0.1, 0.15) is 6.54 Å². The SMILES string of the molecule is CC1CCC(N(C)C(=O)Nc2cnn(CC(=O)O)c2)CC1. The van der Waals surface area contributed by atoms with Crippen molar-refractivity contribution in [2.45, 2.75) is 45.2 Å². The molecule has 0 bridgehead atoms. The van der Waals surface area contributed by atoms with Crippen molar-refractivity contribution in [1.29, 1.82) is 0 Å². The van der Waals surface area contributed by atoms with E-state index in [1.165, 1.54) is 17.1 Å². The van der Waals surface area contributed by atoms with Gasteiger partial charge in [-0.25, -0.2) is 4.79 Å². The number of amides is 2. The molecule has 1 fully saturated rings. The fraction of sp³-hybridized carbons (Fsp3) is 0.643. The molecule has 0 aromatic carbocycles. The van der Waals surface area contributed by atoms with Crippen molar-refractivity contribution in [1.82, 2.24) is 14.7 Å². The van der Waals surface area contributed by atoms with E-state index in [2.05, 4.69) is 17.3 Å². The summed E-state index contributed by atoms with van der Waals surface area (Å²) in [5.41, 5.74) is 0.511. The molecule has 2 N–H and O–H groups in total. The number of carboxylic acid groups (broad SMARTS) is 1. The number of rotatable bonds is 4. The van der Waals surface area contributed by atoms with E-state index >= 15 is 0 Å². The summed E-state index contributed by atoms with van der Waals surface area (Å²) < 4.78 is 1.28. The normalized spacial score (nSPS) is 21.8. The molecule has 1 aromatic heterocycles. The summed E-state index contributed by atoms with van der Waals surface area (Å²) >= 11 is 0. The Kier molecular flexibility index (Phi) is 4.82.